The predicted molar refractivity (Wildman–Crippen MR) is 83.5 cm³/mol. The van der Waals surface area contributed by atoms with Gasteiger partial charge in [-0.15, -0.1) is 0 Å². The fourth-order valence-corrected chi connectivity index (χ4v) is 3.81. The minimum atomic E-state index is -3.07. The van der Waals surface area contributed by atoms with Crippen LogP contribution >= 0.6 is 0 Å². The molecule has 0 radical (unpaired) electrons. The molecule has 2 rings (SSSR count). The molecule has 0 aromatic carbocycles. The summed E-state index contributed by atoms with van der Waals surface area (Å²) in [5.41, 5.74) is 1.17. The maximum atomic E-state index is 11.6. The SMILES string of the molecule is CCNC(C)c1cnn(CC2CCCN(S(C)(=O)=O)C2)c1. The van der Waals surface area contributed by atoms with Crippen LogP contribution in [0.3, 0.4) is 0 Å². The summed E-state index contributed by atoms with van der Waals surface area (Å²) in [6, 6.07) is 0.294. The van der Waals surface area contributed by atoms with E-state index in [4.69, 9.17) is 0 Å². The van der Waals surface area contributed by atoms with Crippen molar-refractivity contribution in [3.8, 4) is 0 Å². The molecule has 2 unspecified atom stereocenters. The van der Waals surface area contributed by atoms with Gasteiger partial charge in [0.05, 0.1) is 12.5 Å². The van der Waals surface area contributed by atoms with Gasteiger partial charge in [0.2, 0.25) is 10.0 Å². The molecule has 2 atom stereocenters. The molecule has 0 amide bonds. The molecule has 1 saturated heterocycles. The molecule has 0 saturated carbocycles. The van der Waals surface area contributed by atoms with Gasteiger partial charge in [0.15, 0.2) is 0 Å². The van der Waals surface area contributed by atoms with Gasteiger partial charge >= 0.3 is 0 Å². The number of hydrogen-bond acceptors (Lipinski definition) is 4. The van der Waals surface area contributed by atoms with Crippen LogP contribution in [0.2, 0.25) is 0 Å². The summed E-state index contributed by atoms with van der Waals surface area (Å²) in [4.78, 5) is 0. The molecule has 1 aromatic rings. The minimum absolute atomic E-state index is 0.294. The lowest BCUT2D eigenvalue weighted by Gasteiger charge is -2.30. The van der Waals surface area contributed by atoms with Crippen LogP contribution in [0.1, 0.15) is 38.3 Å². The van der Waals surface area contributed by atoms with Crippen molar-refractivity contribution in [1.82, 2.24) is 19.4 Å². The Balaban J connectivity index is 1.95. The standard InChI is InChI=1S/C14H26N4O2S/c1-4-15-12(2)14-8-16-17(11-14)9-13-6-5-7-18(10-13)21(3,19)20/h8,11-13,15H,4-7,9-10H2,1-3H3. The van der Waals surface area contributed by atoms with E-state index in [2.05, 4.69) is 30.5 Å². The highest BCUT2D eigenvalue weighted by Crippen LogP contribution is 2.20. The Kier molecular flexibility index (Phi) is 5.40. The Morgan fingerprint density at radius 1 is 1.52 bits per heavy atom. The van der Waals surface area contributed by atoms with E-state index < -0.39 is 10.0 Å². The smallest absolute Gasteiger partial charge is 0.211 e. The van der Waals surface area contributed by atoms with Crippen molar-refractivity contribution in [3.05, 3.63) is 18.0 Å². The van der Waals surface area contributed by atoms with Gasteiger partial charge in [0, 0.05) is 37.4 Å². The molecular weight excluding hydrogens is 288 g/mol. The molecule has 1 aliphatic heterocycles. The van der Waals surface area contributed by atoms with Gasteiger partial charge in [-0.05, 0) is 32.2 Å². The molecule has 1 aromatic heterocycles. The molecule has 0 aliphatic carbocycles. The molecule has 1 N–H and O–H groups in total. The van der Waals surface area contributed by atoms with Crippen molar-refractivity contribution in [3.63, 3.8) is 0 Å². The zero-order valence-electron chi connectivity index (χ0n) is 13.1. The monoisotopic (exact) mass is 314 g/mol. The predicted octanol–water partition coefficient (Wildman–Crippen LogP) is 1.23. The zero-order valence-corrected chi connectivity index (χ0v) is 13.9. The summed E-state index contributed by atoms with van der Waals surface area (Å²) in [7, 11) is -3.07. The van der Waals surface area contributed by atoms with Crippen molar-refractivity contribution < 1.29 is 8.42 Å². The van der Waals surface area contributed by atoms with Crippen LogP contribution in [0.5, 0.6) is 0 Å². The second-order valence-electron chi connectivity index (χ2n) is 5.90. The van der Waals surface area contributed by atoms with Crippen LogP contribution in [0, 0.1) is 5.92 Å². The quantitative estimate of drug-likeness (QED) is 0.857. The molecule has 2 heterocycles. The first-order chi connectivity index (χ1) is 9.90. The first-order valence-corrected chi connectivity index (χ1v) is 9.46. The fraction of sp³-hybridized carbons (Fsp3) is 0.786. The highest BCUT2D eigenvalue weighted by Gasteiger charge is 2.26. The molecule has 120 valence electrons. The minimum Gasteiger partial charge on any atom is -0.310 e. The topological polar surface area (TPSA) is 67.2 Å². The van der Waals surface area contributed by atoms with E-state index in [0.29, 0.717) is 25.0 Å². The largest absolute Gasteiger partial charge is 0.310 e. The van der Waals surface area contributed by atoms with Crippen molar-refractivity contribution in [1.29, 1.82) is 0 Å². The van der Waals surface area contributed by atoms with E-state index in [-0.39, 0.29) is 0 Å². The number of hydrogen-bond donors (Lipinski definition) is 1. The lowest BCUT2D eigenvalue weighted by molar-refractivity contribution is 0.240. The normalized spacial score (nSPS) is 22.3. The zero-order chi connectivity index (χ0) is 15.5. The molecule has 7 heteroatoms. The van der Waals surface area contributed by atoms with Crippen LogP contribution < -0.4 is 5.32 Å². The van der Waals surface area contributed by atoms with Gasteiger partial charge in [-0.2, -0.15) is 5.10 Å². The third-order valence-electron chi connectivity index (χ3n) is 4.06. The van der Waals surface area contributed by atoms with Crippen molar-refractivity contribution >= 4 is 10.0 Å². The summed E-state index contributed by atoms with van der Waals surface area (Å²) in [5.74, 6) is 0.343. The Hall–Kier alpha value is -0.920. The maximum absolute atomic E-state index is 11.6. The highest BCUT2D eigenvalue weighted by molar-refractivity contribution is 7.88. The van der Waals surface area contributed by atoms with E-state index in [1.807, 2.05) is 10.9 Å². The summed E-state index contributed by atoms with van der Waals surface area (Å²) in [6.45, 7) is 7.18. The maximum Gasteiger partial charge on any atom is 0.211 e. The van der Waals surface area contributed by atoms with E-state index >= 15 is 0 Å². The number of aromatic nitrogens is 2. The van der Waals surface area contributed by atoms with Gasteiger partial charge in [0.25, 0.3) is 0 Å². The van der Waals surface area contributed by atoms with Crippen LogP contribution in [-0.4, -0.2) is 48.4 Å². The number of piperidine rings is 1. The summed E-state index contributed by atoms with van der Waals surface area (Å²) in [5, 5.41) is 7.77. The summed E-state index contributed by atoms with van der Waals surface area (Å²) >= 11 is 0. The van der Waals surface area contributed by atoms with Gasteiger partial charge in [-0.25, -0.2) is 12.7 Å². The summed E-state index contributed by atoms with van der Waals surface area (Å²) in [6.07, 6.45) is 7.24. The third kappa shape index (κ3) is 4.52. The molecule has 0 bridgehead atoms. The number of rotatable bonds is 6. The number of nitrogens with zero attached hydrogens (tertiary/aromatic N) is 3. The van der Waals surface area contributed by atoms with E-state index in [9.17, 15) is 8.42 Å². The van der Waals surface area contributed by atoms with Gasteiger partial charge in [-0.3, -0.25) is 4.68 Å². The first kappa shape index (κ1) is 16.5. The lowest BCUT2D eigenvalue weighted by Crippen LogP contribution is -2.40. The van der Waals surface area contributed by atoms with E-state index in [1.165, 1.54) is 11.8 Å². The average molecular weight is 314 g/mol. The number of nitrogens with one attached hydrogen (secondary N) is 1. The fourth-order valence-electron chi connectivity index (χ4n) is 2.87. The Morgan fingerprint density at radius 2 is 2.29 bits per heavy atom. The summed E-state index contributed by atoms with van der Waals surface area (Å²) < 4.78 is 26.8. The lowest BCUT2D eigenvalue weighted by atomic mass is 10.00. The van der Waals surface area contributed by atoms with Crippen LogP contribution in [-0.2, 0) is 16.6 Å². The van der Waals surface area contributed by atoms with Crippen LogP contribution in [0.25, 0.3) is 0 Å². The van der Waals surface area contributed by atoms with E-state index in [1.54, 1.807) is 4.31 Å². The molecule has 0 spiro atoms. The second kappa shape index (κ2) is 6.89. The van der Waals surface area contributed by atoms with Crippen molar-refractivity contribution in [2.75, 3.05) is 25.9 Å². The molecule has 1 aliphatic rings. The molecule has 21 heavy (non-hydrogen) atoms. The molecular formula is C14H26N4O2S. The van der Waals surface area contributed by atoms with E-state index in [0.717, 1.165) is 25.9 Å². The highest BCUT2D eigenvalue weighted by atomic mass is 32.2. The van der Waals surface area contributed by atoms with Gasteiger partial charge in [0.1, 0.15) is 0 Å². The van der Waals surface area contributed by atoms with Crippen LogP contribution in [0.15, 0.2) is 12.4 Å². The Morgan fingerprint density at radius 3 is 2.95 bits per heavy atom. The van der Waals surface area contributed by atoms with Crippen molar-refractivity contribution in [2.24, 2.45) is 5.92 Å². The van der Waals surface area contributed by atoms with Gasteiger partial charge in [-0.1, -0.05) is 6.92 Å². The molecule has 6 nitrogen and oxygen atoms in total. The second-order valence-corrected chi connectivity index (χ2v) is 7.89. The Labute approximate surface area is 127 Å². The third-order valence-corrected chi connectivity index (χ3v) is 5.33. The first-order valence-electron chi connectivity index (χ1n) is 7.61. The Bertz CT molecular complexity index is 555. The average Bonchev–Trinajstić information content (AvgIpc) is 2.87. The van der Waals surface area contributed by atoms with Gasteiger partial charge < -0.3 is 5.32 Å². The van der Waals surface area contributed by atoms with Crippen molar-refractivity contribution in [2.45, 2.75) is 39.3 Å². The molecule has 1 fully saturated rings. The van der Waals surface area contributed by atoms with Crippen LogP contribution in [0.4, 0.5) is 0 Å². The number of sulfonamides is 1.